The lowest BCUT2D eigenvalue weighted by Crippen LogP contribution is -2.40. The Kier molecular flexibility index (Phi) is 4.60. The molecule has 1 atom stereocenters. The van der Waals surface area contributed by atoms with Gasteiger partial charge in [-0.25, -0.2) is 0 Å². The number of rotatable bonds is 4. The molecule has 1 aromatic rings. The second-order valence-electron chi connectivity index (χ2n) is 6.29. The Bertz CT molecular complexity index is 775. The average Bonchev–Trinajstić information content (AvgIpc) is 3.11. The standard InChI is InChI=1S/C16H22N4O3S/c1-17-9-12-7-8-20(10-12)15(21)11-19(2)16-13-5-3-4-6-14(13)24(22,23)18-16/h3-6,12,17H,7-11H2,1-2H3. The minimum absolute atomic E-state index is 0.000539. The van der Waals surface area contributed by atoms with Crippen LogP contribution in [0.15, 0.2) is 33.6 Å². The molecule has 0 bridgehead atoms. The summed E-state index contributed by atoms with van der Waals surface area (Å²) in [6.07, 6.45) is 0.994. The fourth-order valence-electron chi connectivity index (χ4n) is 3.26. The summed E-state index contributed by atoms with van der Waals surface area (Å²) in [7, 11) is -0.0426. The van der Waals surface area contributed by atoms with Gasteiger partial charge in [0.2, 0.25) is 5.91 Å². The monoisotopic (exact) mass is 350 g/mol. The van der Waals surface area contributed by atoms with Crippen LogP contribution >= 0.6 is 0 Å². The van der Waals surface area contributed by atoms with Crippen molar-refractivity contribution in [3.05, 3.63) is 29.8 Å². The Hall–Kier alpha value is -1.93. The van der Waals surface area contributed by atoms with Gasteiger partial charge in [0, 0.05) is 25.7 Å². The van der Waals surface area contributed by atoms with Crippen LogP contribution in [0, 0.1) is 5.92 Å². The molecule has 1 aromatic carbocycles. The second-order valence-corrected chi connectivity index (χ2v) is 7.87. The van der Waals surface area contributed by atoms with Crippen LogP contribution in [0.4, 0.5) is 0 Å². The van der Waals surface area contributed by atoms with E-state index in [1.165, 1.54) is 0 Å². The highest BCUT2D eigenvalue weighted by atomic mass is 32.2. The summed E-state index contributed by atoms with van der Waals surface area (Å²) in [5.74, 6) is 0.819. The first-order valence-corrected chi connectivity index (χ1v) is 9.44. The van der Waals surface area contributed by atoms with Gasteiger partial charge >= 0.3 is 0 Å². The summed E-state index contributed by atoms with van der Waals surface area (Å²) in [5, 5.41) is 3.14. The smallest absolute Gasteiger partial charge is 0.285 e. The molecule has 1 saturated heterocycles. The number of hydrogen-bond donors (Lipinski definition) is 1. The number of benzene rings is 1. The van der Waals surface area contributed by atoms with E-state index in [1.54, 1.807) is 36.2 Å². The highest BCUT2D eigenvalue weighted by Crippen LogP contribution is 2.27. The minimum Gasteiger partial charge on any atom is -0.349 e. The summed E-state index contributed by atoms with van der Waals surface area (Å²) in [4.78, 5) is 16.2. The molecule has 7 nitrogen and oxygen atoms in total. The van der Waals surface area contributed by atoms with Crippen molar-refractivity contribution in [2.75, 3.05) is 40.3 Å². The van der Waals surface area contributed by atoms with E-state index in [2.05, 4.69) is 9.71 Å². The molecule has 3 rings (SSSR count). The van der Waals surface area contributed by atoms with Gasteiger partial charge in [-0.05, 0) is 38.1 Å². The number of amides is 1. The normalized spacial score (nSPS) is 21.5. The first-order chi connectivity index (χ1) is 11.4. The van der Waals surface area contributed by atoms with Crippen molar-refractivity contribution in [2.45, 2.75) is 11.3 Å². The molecular weight excluding hydrogens is 328 g/mol. The molecule has 0 saturated carbocycles. The molecule has 1 unspecified atom stereocenters. The van der Waals surface area contributed by atoms with Gasteiger partial charge in [-0.1, -0.05) is 12.1 Å². The first-order valence-electron chi connectivity index (χ1n) is 8.00. The van der Waals surface area contributed by atoms with Crippen molar-refractivity contribution in [2.24, 2.45) is 10.3 Å². The van der Waals surface area contributed by atoms with Gasteiger partial charge < -0.3 is 15.1 Å². The number of amidine groups is 1. The van der Waals surface area contributed by atoms with E-state index in [4.69, 9.17) is 0 Å². The third kappa shape index (κ3) is 3.16. The van der Waals surface area contributed by atoms with E-state index in [-0.39, 0.29) is 17.3 Å². The Morgan fingerprint density at radius 3 is 2.92 bits per heavy atom. The van der Waals surface area contributed by atoms with Crippen LogP contribution in [0.25, 0.3) is 0 Å². The minimum atomic E-state index is -3.66. The number of carbonyl (C=O) groups excluding carboxylic acids is 1. The number of carbonyl (C=O) groups is 1. The number of hydrogen-bond acceptors (Lipinski definition) is 5. The zero-order valence-corrected chi connectivity index (χ0v) is 14.7. The maximum atomic E-state index is 12.5. The molecule has 1 N–H and O–H groups in total. The molecule has 0 aliphatic carbocycles. The van der Waals surface area contributed by atoms with Crippen molar-refractivity contribution in [3.8, 4) is 0 Å². The van der Waals surface area contributed by atoms with Gasteiger partial charge in [-0.3, -0.25) is 4.79 Å². The molecule has 1 fully saturated rings. The summed E-state index contributed by atoms with van der Waals surface area (Å²) in [6, 6.07) is 6.71. The highest BCUT2D eigenvalue weighted by molar-refractivity contribution is 7.90. The lowest BCUT2D eigenvalue weighted by Gasteiger charge is -2.23. The zero-order valence-electron chi connectivity index (χ0n) is 13.9. The van der Waals surface area contributed by atoms with E-state index in [0.717, 1.165) is 26.1 Å². The molecule has 1 amide bonds. The maximum absolute atomic E-state index is 12.5. The molecule has 24 heavy (non-hydrogen) atoms. The Morgan fingerprint density at radius 2 is 2.17 bits per heavy atom. The topological polar surface area (TPSA) is 82.1 Å². The molecule has 130 valence electrons. The predicted octanol–water partition coefficient (Wildman–Crippen LogP) is 0.135. The lowest BCUT2D eigenvalue weighted by atomic mass is 10.1. The van der Waals surface area contributed by atoms with Crippen LogP contribution in [0.3, 0.4) is 0 Å². The zero-order chi connectivity index (χ0) is 17.3. The molecule has 0 spiro atoms. The van der Waals surface area contributed by atoms with E-state index < -0.39 is 10.0 Å². The highest BCUT2D eigenvalue weighted by Gasteiger charge is 2.32. The summed E-state index contributed by atoms with van der Waals surface area (Å²) in [5.41, 5.74) is 0.558. The molecule has 2 aliphatic rings. The van der Waals surface area contributed by atoms with Gasteiger partial charge in [-0.2, -0.15) is 8.42 Å². The third-order valence-corrected chi connectivity index (χ3v) is 5.80. The Labute approximate surface area is 142 Å². The average molecular weight is 350 g/mol. The molecule has 0 aromatic heterocycles. The van der Waals surface area contributed by atoms with Crippen LogP contribution in [-0.4, -0.2) is 70.2 Å². The molecule has 2 aliphatic heterocycles. The van der Waals surface area contributed by atoms with E-state index in [9.17, 15) is 13.2 Å². The van der Waals surface area contributed by atoms with Crippen molar-refractivity contribution in [1.82, 2.24) is 15.1 Å². The quantitative estimate of drug-likeness (QED) is 0.835. The number of likely N-dealkylation sites (tertiary alicyclic amines) is 1. The van der Waals surface area contributed by atoms with Crippen LogP contribution in [0.1, 0.15) is 12.0 Å². The van der Waals surface area contributed by atoms with Crippen molar-refractivity contribution >= 4 is 21.8 Å². The number of nitrogens with zero attached hydrogens (tertiary/aromatic N) is 3. The number of nitrogens with one attached hydrogen (secondary N) is 1. The second kappa shape index (κ2) is 6.52. The van der Waals surface area contributed by atoms with Crippen LogP contribution < -0.4 is 5.32 Å². The molecular formula is C16H22N4O3S. The lowest BCUT2D eigenvalue weighted by molar-refractivity contribution is -0.130. The summed E-state index contributed by atoms with van der Waals surface area (Å²) in [6.45, 7) is 2.52. The van der Waals surface area contributed by atoms with E-state index >= 15 is 0 Å². The van der Waals surface area contributed by atoms with Crippen molar-refractivity contribution in [3.63, 3.8) is 0 Å². The molecule has 8 heteroatoms. The Balaban J connectivity index is 1.70. The third-order valence-electron chi connectivity index (χ3n) is 4.48. The van der Waals surface area contributed by atoms with E-state index in [0.29, 0.717) is 17.3 Å². The largest absolute Gasteiger partial charge is 0.349 e. The fourth-order valence-corrected chi connectivity index (χ4v) is 4.51. The Morgan fingerprint density at radius 1 is 1.42 bits per heavy atom. The van der Waals surface area contributed by atoms with Gasteiger partial charge in [0.15, 0.2) is 5.84 Å². The van der Waals surface area contributed by atoms with Gasteiger partial charge in [-0.15, -0.1) is 4.40 Å². The van der Waals surface area contributed by atoms with Crippen LogP contribution in [0.5, 0.6) is 0 Å². The molecule has 2 heterocycles. The first kappa shape index (κ1) is 16.9. The van der Waals surface area contributed by atoms with Crippen molar-refractivity contribution in [1.29, 1.82) is 0 Å². The summed E-state index contributed by atoms with van der Waals surface area (Å²) >= 11 is 0. The van der Waals surface area contributed by atoms with Crippen LogP contribution in [0.2, 0.25) is 0 Å². The SMILES string of the molecule is CNCC1CCN(C(=O)CN(C)C2=NS(=O)(=O)c3ccccc32)C1. The number of fused-ring (bicyclic) bond motifs is 1. The van der Waals surface area contributed by atoms with E-state index in [1.807, 2.05) is 11.9 Å². The summed E-state index contributed by atoms with van der Waals surface area (Å²) < 4.78 is 28.1. The van der Waals surface area contributed by atoms with Crippen LogP contribution in [-0.2, 0) is 14.8 Å². The van der Waals surface area contributed by atoms with Gasteiger partial charge in [0.05, 0.1) is 6.54 Å². The predicted molar refractivity (Wildman–Crippen MR) is 91.4 cm³/mol. The van der Waals surface area contributed by atoms with Gasteiger partial charge in [0.1, 0.15) is 4.90 Å². The fraction of sp³-hybridized carbons (Fsp3) is 0.500. The van der Waals surface area contributed by atoms with Crippen molar-refractivity contribution < 1.29 is 13.2 Å². The molecule has 0 radical (unpaired) electrons. The number of likely N-dealkylation sites (N-methyl/N-ethyl adjacent to an activating group) is 1. The number of sulfonamides is 1. The maximum Gasteiger partial charge on any atom is 0.285 e. The van der Waals surface area contributed by atoms with Gasteiger partial charge in [0.25, 0.3) is 10.0 Å².